The van der Waals surface area contributed by atoms with Gasteiger partial charge < -0.3 is 10.6 Å². The van der Waals surface area contributed by atoms with Crippen LogP contribution in [0.3, 0.4) is 0 Å². The van der Waals surface area contributed by atoms with Crippen LogP contribution in [0.25, 0.3) is 0 Å². The molecule has 0 saturated carbocycles. The van der Waals surface area contributed by atoms with Gasteiger partial charge >= 0.3 is 0 Å². The summed E-state index contributed by atoms with van der Waals surface area (Å²) < 4.78 is 25.8. The monoisotopic (exact) mass is 550 g/mol. The Hall–Kier alpha value is -1.36. The van der Waals surface area contributed by atoms with E-state index in [1.165, 1.54) is 12.6 Å². The molecule has 29 heavy (non-hydrogen) atoms. The molecule has 9 heteroatoms. The quantitative estimate of drug-likeness (QED) is 0.254. The molecule has 160 valence electrons. The lowest BCUT2D eigenvalue weighted by Gasteiger charge is -2.12. The summed E-state index contributed by atoms with van der Waals surface area (Å²) in [5.41, 5.74) is 2.90. The number of hydrogen-bond donors (Lipinski definition) is 3. The fourth-order valence-electron chi connectivity index (χ4n) is 2.60. The van der Waals surface area contributed by atoms with Crippen molar-refractivity contribution in [2.75, 3.05) is 20.1 Å². The van der Waals surface area contributed by atoms with Gasteiger partial charge in [0.25, 0.3) is 0 Å². The zero-order valence-electron chi connectivity index (χ0n) is 16.6. The van der Waals surface area contributed by atoms with Crippen molar-refractivity contribution in [3.63, 3.8) is 0 Å². The molecule has 2 aromatic carbocycles. The van der Waals surface area contributed by atoms with Crippen molar-refractivity contribution >= 4 is 51.6 Å². The molecule has 0 heterocycles. The lowest BCUT2D eigenvalue weighted by molar-refractivity contribution is 0.587. The lowest BCUT2D eigenvalue weighted by atomic mass is 10.1. The summed E-state index contributed by atoms with van der Waals surface area (Å²) in [5.74, 6) is 0.685. The Morgan fingerprint density at radius 3 is 2.38 bits per heavy atom. The van der Waals surface area contributed by atoms with Gasteiger partial charge in [-0.2, -0.15) is 0 Å². The Morgan fingerprint density at radius 1 is 1.03 bits per heavy atom. The average molecular weight is 551 g/mol. The minimum Gasteiger partial charge on any atom is -0.357 e. The van der Waals surface area contributed by atoms with Gasteiger partial charge in [0.15, 0.2) is 5.96 Å². The molecule has 0 amide bonds. The van der Waals surface area contributed by atoms with E-state index in [1.807, 2.05) is 49.4 Å². The molecule has 0 atom stereocenters. The second-order valence-electron chi connectivity index (χ2n) is 6.28. The topological polar surface area (TPSA) is 82.6 Å². The summed E-state index contributed by atoms with van der Waals surface area (Å²) in [7, 11) is -1.87. The summed E-state index contributed by atoms with van der Waals surface area (Å²) >= 11 is 5.91. The highest BCUT2D eigenvalue weighted by atomic mass is 127. The Morgan fingerprint density at radius 2 is 1.72 bits per heavy atom. The van der Waals surface area contributed by atoms with E-state index in [0.717, 1.165) is 41.6 Å². The maximum atomic E-state index is 11.7. The Balaban J connectivity index is 0.00000420. The molecule has 0 aliphatic rings. The standard InChI is InChI=1S/C20H27ClN4O2S.HI/c1-3-23-20(24-12-11-16-7-9-19(21)10-8-16)25-14-17-5-4-6-18(13-17)15-28(26,27)22-2;/h4-10,13,22H,3,11-12,14-15H2,1-2H3,(H2,23,24,25);1H. The molecule has 0 aliphatic heterocycles. The van der Waals surface area contributed by atoms with Crippen LogP contribution in [0.2, 0.25) is 5.02 Å². The minimum atomic E-state index is -3.29. The number of guanidine groups is 1. The van der Waals surface area contributed by atoms with Gasteiger partial charge in [-0.05, 0) is 49.2 Å². The molecule has 0 aliphatic carbocycles. The highest BCUT2D eigenvalue weighted by molar-refractivity contribution is 14.0. The zero-order valence-corrected chi connectivity index (χ0v) is 20.5. The largest absolute Gasteiger partial charge is 0.357 e. The predicted octanol–water partition coefficient (Wildman–Crippen LogP) is 3.31. The number of benzene rings is 2. The molecule has 0 unspecified atom stereocenters. The number of hydrogen-bond acceptors (Lipinski definition) is 3. The van der Waals surface area contributed by atoms with Crippen LogP contribution in [0.4, 0.5) is 0 Å². The number of aliphatic imine (C=N–C) groups is 1. The van der Waals surface area contributed by atoms with Crippen LogP contribution < -0.4 is 15.4 Å². The van der Waals surface area contributed by atoms with E-state index in [2.05, 4.69) is 20.3 Å². The molecule has 0 aromatic heterocycles. The molecule has 2 aromatic rings. The maximum absolute atomic E-state index is 11.7. The van der Waals surface area contributed by atoms with E-state index in [-0.39, 0.29) is 29.7 Å². The molecular formula is C20H28ClIN4O2S. The van der Waals surface area contributed by atoms with Crippen LogP contribution in [0.15, 0.2) is 53.5 Å². The van der Waals surface area contributed by atoms with Crippen LogP contribution in [0.1, 0.15) is 23.6 Å². The van der Waals surface area contributed by atoms with Crippen LogP contribution in [-0.2, 0) is 28.7 Å². The fourth-order valence-corrected chi connectivity index (χ4v) is 3.49. The third-order valence-corrected chi connectivity index (χ3v) is 5.63. The summed E-state index contributed by atoms with van der Waals surface area (Å²) in [6.45, 7) is 3.98. The summed E-state index contributed by atoms with van der Waals surface area (Å²) in [5, 5.41) is 7.27. The van der Waals surface area contributed by atoms with Crippen LogP contribution in [-0.4, -0.2) is 34.5 Å². The summed E-state index contributed by atoms with van der Waals surface area (Å²) in [6.07, 6.45) is 0.860. The van der Waals surface area contributed by atoms with Gasteiger partial charge in [0.2, 0.25) is 10.0 Å². The van der Waals surface area contributed by atoms with E-state index in [9.17, 15) is 8.42 Å². The molecule has 0 fully saturated rings. The first-order chi connectivity index (χ1) is 13.4. The first-order valence-electron chi connectivity index (χ1n) is 9.17. The number of nitrogens with one attached hydrogen (secondary N) is 3. The highest BCUT2D eigenvalue weighted by Gasteiger charge is 2.08. The molecule has 0 bridgehead atoms. The molecule has 0 radical (unpaired) electrons. The summed E-state index contributed by atoms with van der Waals surface area (Å²) in [6, 6.07) is 15.3. The number of halogens is 2. The lowest BCUT2D eigenvalue weighted by Crippen LogP contribution is -2.38. The van der Waals surface area contributed by atoms with E-state index in [4.69, 9.17) is 11.6 Å². The molecule has 0 spiro atoms. The molecule has 6 nitrogen and oxygen atoms in total. The van der Waals surface area contributed by atoms with Gasteiger partial charge in [-0.3, -0.25) is 0 Å². The average Bonchev–Trinajstić information content (AvgIpc) is 2.67. The Kier molecular flexibility index (Phi) is 11.6. The predicted molar refractivity (Wildman–Crippen MR) is 132 cm³/mol. The van der Waals surface area contributed by atoms with Gasteiger partial charge in [0.1, 0.15) is 0 Å². The Bertz CT molecular complexity index is 890. The minimum absolute atomic E-state index is 0. The van der Waals surface area contributed by atoms with Crippen molar-refractivity contribution in [3.8, 4) is 0 Å². The van der Waals surface area contributed by atoms with E-state index < -0.39 is 10.0 Å². The molecule has 2 rings (SSSR count). The van der Waals surface area contributed by atoms with Crippen molar-refractivity contribution in [1.82, 2.24) is 15.4 Å². The van der Waals surface area contributed by atoms with Gasteiger partial charge in [0, 0.05) is 18.1 Å². The highest BCUT2D eigenvalue weighted by Crippen LogP contribution is 2.10. The SMILES string of the molecule is CCNC(=NCc1cccc(CS(=O)(=O)NC)c1)NCCc1ccc(Cl)cc1.I. The second kappa shape index (κ2) is 13.0. The van der Waals surface area contributed by atoms with Gasteiger partial charge in [-0.15, -0.1) is 24.0 Å². The van der Waals surface area contributed by atoms with Crippen molar-refractivity contribution < 1.29 is 8.42 Å². The van der Waals surface area contributed by atoms with Crippen molar-refractivity contribution in [1.29, 1.82) is 0 Å². The zero-order chi connectivity index (χ0) is 20.4. The summed E-state index contributed by atoms with van der Waals surface area (Å²) in [4.78, 5) is 4.59. The van der Waals surface area contributed by atoms with Crippen molar-refractivity contribution in [2.24, 2.45) is 4.99 Å². The second-order valence-corrected chi connectivity index (χ2v) is 8.64. The number of rotatable bonds is 9. The van der Waals surface area contributed by atoms with Gasteiger partial charge in [-0.1, -0.05) is 48.0 Å². The van der Waals surface area contributed by atoms with E-state index in [1.54, 1.807) is 6.07 Å². The van der Waals surface area contributed by atoms with Gasteiger partial charge in [0.05, 0.1) is 12.3 Å². The third kappa shape index (κ3) is 9.79. The molecule has 0 saturated heterocycles. The number of sulfonamides is 1. The van der Waals surface area contributed by atoms with Crippen molar-refractivity contribution in [2.45, 2.75) is 25.6 Å². The van der Waals surface area contributed by atoms with Crippen LogP contribution in [0, 0.1) is 0 Å². The Labute approximate surface area is 195 Å². The van der Waals surface area contributed by atoms with E-state index in [0.29, 0.717) is 6.54 Å². The number of nitrogens with zero attached hydrogens (tertiary/aromatic N) is 1. The normalized spacial score (nSPS) is 11.6. The van der Waals surface area contributed by atoms with Crippen LogP contribution >= 0.6 is 35.6 Å². The van der Waals surface area contributed by atoms with Crippen molar-refractivity contribution in [3.05, 3.63) is 70.2 Å². The first kappa shape index (κ1) is 25.7. The molecular weight excluding hydrogens is 523 g/mol. The first-order valence-corrected chi connectivity index (χ1v) is 11.2. The maximum Gasteiger partial charge on any atom is 0.215 e. The van der Waals surface area contributed by atoms with Gasteiger partial charge in [-0.25, -0.2) is 18.1 Å². The third-order valence-electron chi connectivity index (χ3n) is 4.04. The van der Waals surface area contributed by atoms with E-state index >= 15 is 0 Å². The smallest absolute Gasteiger partial charge is 0.215 e. The van der Waals surface area contributed by atoms with Crippen LogP contribution in [0.5, 0.6) is 0 Å². The molecule has 3 N–H and O–H groups in total. The fraction of sp³-hybridized carbons (Fsp3) is 0.350.